The number of ether oxygens (including phenoxy) is 1. The smallest absolute Gasteiger partial charge is 0.274 e. The first-order chi connectivity index (χ1) is 12.2. The van der Waals surface area contributed by atoms with Crippen LogP contribution in [0.2, 0.25) is 0 Å². The Morgan fingerprint density at radius 2 is 2.28 bits per heavy atom. The summed E-state index contributed by atoms with van der Waals surface area (Å²) in [4.78, 5) is 28.7. The van der Waals surface area contributed by atoms with E-state index in [0.29, 0.717) is 29.7 Å². The second-order valence-corrected chi connectivity index (χ2v) is 6.93. The first-order valence-electron chi connectivity index (χ1n) is 8.16. The van der Waals surface area contributed by atoms with E-state index in [1.165, 1.54) is 23.0 Å². The predicted molar refractivity (Wildman–Crippen MR) is 95.4 cm³/mol. The number of nitrogens with one attached hydrogen (secondary N) is 1. The van der Waals surface area contributed by atoms with Crippen molar-refractivity contribution in [2.24, 2.45) is 5.92 Å². The monoisotopic (exact) mass is 355 g/mol. The average Bonchev–Trinajstić information content (AvgIpc) is 2.97. The molecule has 25 heavy (non-hydrogen) atoms. The maximum atomic E-state index is 12.6. The molecule has 1 aromatic carbocycles. The molecule has 1 aliphatic rings. The minimum Gasteiger partial charge on any atom is -0.493 e. The number of aromatic nitrogens is 2. The summed E-state index contributed by atoms with van der Waals surface area (Å²) < 4.78 is 7.41. The highest BCUT2D eigenvalue weighted by molar-refractivity contribution is 7.15. The van der Waals surface area contributed by atoms with Crippen LogP contribution in [-0.4, -0.2) is 28.4 Å². The number of hydrogen-bond donors (Lipinski definition) is 1. The lowest BCUT2D eigenvalue weighted by Crippen LogP contribution is -2.32. The zero-order chi connectivity index (χ0) is 17.2. The van der Waals surface area contributed by atoms with E-state index in [4.69, 9.17) is 4.74 Å². The van der Waals surface area contributed by atoms with Crippen molar-refractivity contribution in [3.05, 3.63) is 63.5 Å². The maximum absolute atomic E-state index is 12.6. The number of thiazole rings is 1. The molecule has 0 radical (unpaired) electrons. The first-order valence-corrected chi connectivity index (χ1v) is 9.04. The molecule has 0 spiro atoms. The number of carbonyl (C=O) groups excluding carboxylic acids is 1. The molecule has 2 aromatic heterocycles. The number of hydrogen-bond acceptors (Lipinski definition) is 5. The van der Waals surface area contributed by atoms with E-state index in [-0.39, 0.29) is 5.91 Å². The lowest BCUT2D eigenvalue weighted by molar-refractivity contribution is 0.0939. The van der Waals surface area contributed by atoms with Crippen LogP contribution in [0.3, 0.4) is 0 Å². The van der Waals surface area contributed by atoms with Gasteiger partial charge in [0, 0.05) is 24.2 Å². The van der Waals surface area contributed by atoms with Crippen molar-refractivity contribution in [2.45, 2.75) is 12.8 Å². The van der Waals surface area contributed by atoms with Gasteiger partial charge in [-0.3, -0.25) is 14.0 Å². The van der Waals surface area contributed by atoms with Gasteiger partial charge in [0.25, 0.3) is 11.5 Å². The van der Waals surface area contributed by atoms with Gasteiger partial charge in [-0.05, 0) is 30.4 Å². The van der Waals surface area contributed by atoms with Crippen LogP contribution in [0.4, 0.5) is 0 Å². The third-order valence-corrected chi connectivity index (χ3v) is 5.12. The average molecular weight is 355 g/mol. The SMILES string of the molecule is O=C(NCC1CCOc2ccccc2C1)c1cc(=O)nc2sccn12. The Morgan fingerprint density at radius 3 is 3.20 bits per heavy atom. The van der Waals surface area contributed by atoms with Gasteiger partial charge in [-0.1, -0.05) is 18.2 Å². The van der Waals surface area contributed by atoms with Gasteiger partial charge in [0.05, 0.1) is 6.61 Å². The highest BCUT2D eigenvalue weighted by Crippen LogP contribution is 2.26. The molecular weight excluding hydrogens is 338 g/mol. The van der Waals surface area contributed by atoms with Gasteiger partial charge < -0.3 is 10.1 Å². The number of amides is 1. The summed E-state index contributed by atoms with van der Waals surface area (Å²) in [5.41, 5.74) is 1.09. The fraction of sp³-hybridized carbons (Fsp3) is 0.278. The van der Waals surface area contributed by atoms with Gasteiger partial charge in [-0.2, -0.15) is 4.98 Å². The first kappa shape index (κ1) is 15.8. The topological polar surface area (TPSA) is 72.7 Å². The quantitative estimate of drug-likeness (QED) is 0.781. The highest BCUT2D eigenvalue weighted by Gasteiger charge is 2.19. The normalized spacial score (nSPS) is 16.7. The highest BCUT2D eigenvalue weighted by atomic mass is 32.1. The molecule has 7 heteroatoms. The number of rotatable bonds is 3. The Bertz CT molecular complexity index is 979. The molecule has 1 unspecified atom stereocenters. The van der Waals surface area contributed by atoms with E-state index in [0.717, 1.165) is 18.6 Å². The lowest BCUT2D eigenvalue weighted by atomic mass is 9.97. The largest absolute Gasteiger partial charge is 0.493 e. The van der Waals surface area contributed by atoms with Crippen LogP contribution < -0.4 is 15.6 Å². The van der Waals surface area contributed by atoms with Gasteiger partial charge >= 0.3 is 0 Å². The third-order valence-electron chi connectivity index (χ3n) is 4.36. The van der Waals surface area contributed by atoms with Crippen molar-refractivity contribution in [3.63, 3.8) is 0 Å². The van der Waals surface area contributed by atoms with E-state index in [9.17, 15) is 9.59 Å². The van der Waals surface area contributed by atoms with E-state index >= 15 is 0 Å². The number of para-hydroxylation sites is 1. The van der Waals surface area contributed by atoms with E-state index < -0.39 is 5.56 Å². The van der Waals surface area contributed by atoms with Crippen molar-refractivity contribution < 1.29 is 9.53 Å². The zero-order valence-electron chi connectivity index (χ0n) is 13.5. The van der Waals surface area contributed by atoms with Gasteiger partial charge in [0.15, 0.2) is 4.96 Å². The van der Waals surface area contributed by atoms with E-state index in [1.54, 1.807) is 16.0 Å². The maximum Gasteiger partial charge on any atom is 0.274 e. The van der Waals surface area contributed by atoms with Crippen LogP contribution in [0.15, 0.2) is 46.7 Å². The number of carbonyl (C=O) groups is 1. The molecule has 3 heterocycles. The Labute approximate surface area is 148 Å². The fourth-order valence-electron chi connectivity index (χ4n) is 3.09. The van der Waals surface area contributed by atoms with E-state index in [1.807, 2.05) is 18.2 Å². The Kier molecular flexibility index (Phi) is 4.23. The molecule has 0 fully saturated rings. The zero-order valence-corrected chi connectivity index (χ0v) is 14.3. The summed E-state index contributed by atoms with van der Waals surface area (Å²) in [5.74, 6) is 0.965. The van der Waals surface area contributed by atoms with Crippen molar-refractivity contribution in [1.29, 1.82) is 0 Å². The second-order valence-electron chi connectivity index (χ2n) is 6.06. The summed E-state index contributed by atoms with van der Waals surface area (Å²) in [7, 11) is 0. The predicted octanol–water partition coefficient (Wildman–Crippen LogP) is 2.13. The lowest BCUT2D eigenvalue weighted by Gasteiger charge is -2.15. The van der Waals surface area contributed by atoms with Crippen LogP contribution in [0, 0.1) is 5.92 Å². The molecule has 0 aliphatic carbocycles. The number of fused-ring (bicyclic) bond motifs is 2. The molecule has 1 amide bonds. The molecule has 0 bridgehead atoms. The molecule has 0 saturated carbocycles. The molecule has 1 aliphatic heterocycles. The number of benzene rings is 1. The van der Waals surface area contributed by atoms with Gasteiger partial charge in [0.1, 0.15) is 11.4 Å². The van der Waals surface area contributed by atoms with Crippen LogP contribution in [0.1, 0.15) is 22.5 Å². The Hall–Kier alpha value is -2.67. The van der Waals surface area contributed by atoms with Crippen molar-refractivity contribution in [2.75, 3.05) is 13.2 Å². The third kappa shape index (κ3) is 3.28. The Balaban J connectivity index is 1.48. The van der Waals surface area contributed by atoms with Crippen LogP contribution in [0.5, 0.6) is 5.75 Å². The van der Waals surface area contributed by atoms with E-state index in [2.05, 4.69) is 16.4 Å². The summed E-state index contributed by atoms with van der Waals surface area (Å²) in [6.45, 7) is 1.18. The minimum absolute atomic E-state index is 0.258. The number of nitrogens with zero attached hydrogens (tertiary/aromatic N) is 2. The van der Waals surface area contributed by atoms with Crippen molar-refractivity contribution >= 4 is 22.2 Å². The second kappa shape index (κ2) is 6.68. The van der Waals surface area contributed by atoms with Crippen molar-refractivity contribution in [3.8, 4) is 5.75 Å². The fourth-order valence-corrected chi connectivity index (χ4v) is 3.81. The molecule has 0 saturated heterocycles. The molecular formula is C18H17N3O3S. The van der Waals surface area contributed by atoms with Gasteiger partial charge in [-0.15, -0.1) is 11.3 Å². The van der Waals surface area contributed by atoms with Crippen LogP contribution in [-0.2, 0) is 6.42 Å². The summed E-state index contributed by atoms with van der Waals surface area (Å²) >= 11 is 1.33. The van der Waals surface area contributed by atoms with Crippen molar-refractivity contribution in [1.82, 2.24) is 14.7 Å². The summed E-state index contributed by atoms with van der Waals surface area (Å²) in [5, 5.41) is 4.76. The van der Waals surface area contributed by atoms with Gasteiger partial charge in [-0.25, -0.2) is 0 Å². The summed E-state index contributed by atoms with van der Waals surface area (Å²) in [6.07, 6.45) is 3.48. The molecule has 1 atom stereocenters. The van der Waals surface area contributed by atoms with Crippen LogP contribution in [0.25, 0.3) is 4.96 Å². The minimum atomic E-state index is -0.399. The van der Waals surface area contributed by atoms with Crippen LogP contribution >= 0.6 is 11.3 Å². The molecule has 128 valence electrons. The Morgan fingerprint density at radius 1 is 1.40 bits per heavy atom. The standard InChI is InChI=1S/C18H17N3O3S/c22-16-10-14(21-6-8-25-18(21)20-16)17(23)19-11-12-5-7-24-15-4-2-1-3-13(15)9-12/h1-4,6,8,10,12H,5,7,9,11H2,(H,19,23). The summed E-state index contributed by atoms with van der Waals surface area (Å²) in [6, 6.07) is 9.29. The molecule has 4 rings (SSSR count). The molecule has 6 nitrogen and oxygen atoms in total. The molecule has 3 aromatic rings. The van der Waals surface area contributed by atoms with Gasteiger partial charge in [0.2, 0.25) is 0 Å². The molecule has 1 N–H and O–H groups in total.